The van der Waals surface area contributed by atoms with Gasteiger partial charge in [-0.3, -0.25) is 10.1 Å². The summed E-state index contributed by atoms with van der Waals surface area (Å²) in [7, 11) is 0. The van der Waals surface area contributed by atoms with Gasteiger partial charge in [-0.05, 0) is 13.8 Å². The number of aryl methyl sites for hydroxylation is 1. The summed E-state index contributed by atoms with van der Waals surface area (Å²) < 4.78 is 0. The molecular formula is C11H16N4O2. The molecule has 1 atom stereocenters. The standard InChI is InChI=1S/C11H16N4O2/c1-8-6-13-11(5-10(8)15(16)17)14-4-3-12-9(2)7-14/h5-6,9,12H,3-4,7H2,1-2H3/t9-/m1/s1. The van der Waals surface area contributed by atoms with Gasteiger partial charge in [0.05, 0.1) is 11.0 Å². The minimum absolute atomic E-state index is 0.140. The van der Waals surface area contributed by atoms with Crippen LogP contribution in [0.1, 0.15) is 12.5 Å². The van der Waals surface area contributed by atoms with Crippen LogP contribution in [-0.4, -0.2) is 35.6 Å². The molecule has 0 radical (unpaired) electrons. The molecule has 0 spiro atoms. The van der Waals surface area contributed by atoms with E-state index in [1.807, 2.05) is 0 Å². The number of piperazine rings is 1. The van der Waals surface area contributed by atoms with Gasteiger partial charge in [0.2, 0.25) is 0 Å². The van der Waals surface area contributed by atoms with E-state index >= 15 is 0 Å². The Morgan fingerprint density at radius 3 is 3.06 bits per heavy atom. The summed E-state index contributed by atoms with van der Waals surface area (Å²) in [6, 6.07) is 1.94. The Morgan fingerprint density at radius 2 is 2.41 bits per heavy atom. The zero-order valence-corrected chi connectivity index (χ0v) is 10.0. The largest absolute Gasteiger partial charge is 0.354 e. The molecule has 1 N–H and O–H groups in total. The predicted molar refractivity (Wildman–Crippen MR) is 65.3 cm³/mol. The van der Waals surface area contributed by atoms with Crippen LogP contribution in [0.2, 0.25) is 0 Å². The Bertz CT molecular complexity index is 435. The number of nitrogens with one attached hydrogen (secondary N) is 1. The molecule has 2 rings (SSSR count). The summed E-state index contributed by atoms with van der Waals surface area (Å²) in [5.74, 6) is 0.690. The summed E-state index contributed by atoms with van der Waals surface area (Å²) in [5.41, 5.74) is 0.739. The lowest BCUT2D eigenvalue weighted by Gasteiger charge is -2.32. The Balaban J connectivity index is 2.26. The van der Waals surface area contributed by atoms with Crippen molar-refractivity contribution in [2.24, 2.45) is 0 Å². The number of pyridine rings is 1. The highest BCUT2D eigenvalue weighted by Gasteiger charge is 2.20. The maximum Gasteiger partial charge on any atom is 0.277 e. The highest BCUT2D eigenvalue weighted by atomic mass is 16.6. The molecule has 1 aliphatic rings. The minimum atomic E-state index is -0.355. The van der Waals surface area contributed by atoms with Crippen LogP contribution in [0.4, 0.5) is 11.5 Å². The van der Waals surface area contributed by atoms with Gasteiger partial charge in [-0.2, -0.15) is 0 Å². The van der Waals surface area contributed by atoms with E-state index in [1.54, 1.807) is 19.2 Å². The van der Waals surface area contributed by atoms with E-state index in [4.69, 9.17) is 0 Å². The number of hydrogen-bond donors (Lipinski definition) is 1. The van der Waals surface area contributed by atoms with Crippen LogP contribution in [0.5, 0.6) is 0 Å². The molecule has 0 bridgehead atoms. The maximum atomic E-state index is 10.9. The molecule has 92 valence electrons. The fourth-order valence-electron chi connectivity index (χ4n) is 2.01. The van der Waals surface area contributed by atoms with Gasteiger partial charge in [0.15, 0.2) is 0 Å². The van der Waals surface area contributed by atoms with Crippen molar-refractivity contribution in [3.8, 4) is 0 Å². The molecule has 1 aromatic rings. The number of nitrogens with zero attached hydrogens (tertiary/aromatic N) is 3. The fraction of sp³-hybridized carbons (Fsp3) is 0.545. The molecule has 1 fully saturated rings. The number of rotatable bonds is 2. The highest BCUT2D eigenvalue weighted by molar-refractivity contribution is 5.51. The van der Waals surface area contributed by atoms with Crippen molar-refractivity contribution >= 4 is 11.5 Å². The number of aromatic nitrogens is 1. The van der Waals surface area contributed by atoms with Gasteiger partial charge >= 0.3 is 0 Å². The molecule has 0 amide bonds. The van der Waals surface area contributed by atoms with Crippen molar-refractivity contribution in [3.05, 3.63) is 27.9 Å². The van der Waals surface area contributed by atoms with E-state index in [-0.39, 0.29) is 10.6 Å². The fourth-order valence-corrected chi connectivity index (χ4v) is 2.01. The summed E-state index contributed by atoms with van der Waals surface area (Å²) >= 11 is 0. The smallest absolute Gasteiger partial charge is 0.277 e. The molecule has 17 heavy (non-hydrogen) atoms. The monoisotopic (exact) mass is 236 g/mol. The lowest BCUT2D eigenvalue weighted by Crippen LogP contribution is -2.49. The first-order chi connectivity index (χ1) is 8.08. The van der Waals surface area contributed by atoms with Gasteiger partial charge in [-0.25, -0.2) is 4.98 Å². The van der Waals surface area contributed by atoms with Crippen molar-refractivity contribution in [2.75, 3.05) is 24.5 Å². The Hall–Kier alpha value is -1.69. The van der Waals surface area contributed by atoms with Crippen LogP contribution < -0.4 is 10.2 Å². The van der Waals surface area contributed by atoms with Crippen LogP contribution in [-0.2, 0) is 0 Å². The molecule has 1 aromatic heterocycles. The van der Waals surface area contributed by atoms with Gasteiger partial charge in [-0.1, -0.05) is 0 Å². The third-order valence-electron chi connectivity index (χ3n) is 2.95. The third kappa shape index (κ3) is 2.52. The lowest BCUT2D eigenvalue weighted by atomic mass is 10.2. The quantitative estimate of drug-likeness (QED) is 0.615. The van der Waals surface area contributed by atoms with Crippen molar-refractivity contribution in [1.82, 2.24) is 10.3 Å². The lowest BCUT2D eigenvalue weighted by molar-refractivity contribution is -0.385. The number of hydrogen-bond acceptors (Lipinski definition) is 5. The van der Waals surface area contributed by atoms with E-state index < -0.39 is 0 Å². The molecule has 0 aliphatic carbocycles. The highest BCUT2D eigenvalue weighted by Crippen LogP contribution is 2.23. The maximum absolute atomic E-state index is 10.9. The van der Waals surface area contributed by atoms with E-state index in [1.165, 1.54) is 0 Å². The molecule has 2 heterocycles. The summed E-state index contributed by atoms with van der Waals surface area (Å²) in [6.45, 7) is 6.33. The van der Waals surface area contributed by atoms with E-state index in [9.17, 15) is 10.1 Å². The van der Waals surface area contributed by atoms with Crippen LogP contribution in [0.25, 0.3) is 0 Å². The second kappa shape index (κ2) is 4.67. The number of nitro groups is 1. The van der Waals surface area contributed by atoms with Gasteiger partial charge < -0.3 is 10.2 Å². The SMILES string of the molecule is Cc1cnc(N2CCN[C@H](C)C2)cc1[N+](=O)[O-]. The molecular weight excluding hydrogens is 220 g/mol. The molecule has 6 nitrogen and oxygen atoms in total. The van der Waals surface area contributed by atoms with Gasteiger partial charge in [0.25, 0.3) is 5.69 Å². The molecule has 0 saturated carbocycles. The van der Waals surface area contributed by atoms with Gasteiger partial charge in [0.1, 0.15) is 5.82 Å². The summed E-state index contributed by atoms with van der Waals surface area (Å²) in [4.78, 5) is 16.9. The average Bonchev–Trinajstić information content (AvgIpc) is 2.29. The molecule has 1 saturated heterocycles. The Kier molecular flexibility index (Phi) is 3.23. The summed E-state index contributed by atoms with van der Waals surface area (Å²) in [5, 5.41) is 14.2. The second-order valence-corrected chi connectivity index (χ2v) is 4.39. The predicted octanol–water partition coefficient (Wildman–Crippen LogP) is 1.10. The third-order valence-corrected chi connectivity index (χ3v) is 2.95. The average molecular weight is 236 g/mol. The van der Waals surface area contributed by atoms with Crippen LogP contribution in [0.15, 0.2) is 12.3 Å². The van der Waals surface area contributed by atoms with Crippen molar-refractivity contribution in [3.63, 3.8) is 0 Å². The van der Waals surface area contributed by atoms with Crippen molar-refractivity contribution in [2.45, 2.75) is 19.9 Å². The van der Waals surface area contributed by atoms with Crippen LogP contribution >= 0.6 is 0 Å². The minimum Gasteiger partial charge on any atom is -0.354 e. The normalized spacial score (nSPS) is 20.4. The summed E-state index contributed by atoms with van der Waals surface area (Å²) in [6.07, 6.45) is 1.57. The zero-order valence-electron chi connectivity index (χ0n) is 10.0. The molecule has 0 unspecified atom stereocenters. The van der Waals surface area contributed by atoms with Crippen molar-refractivity contribution in [1.29, 1.82) is 0 Å². The molecule has 0 aromatic carbocycles. The van der Waals surface area contributed by atoms with E-state index in [0.717, 1.165) is 19.6 Å². The number of anilines is 1. The topological polar surface area (TPSA) is 71.3 Å². The van der Waals surface area contributed by atoms with E-state index in [0.29, 0.717) is 17.4 Å². The first-order valence-electron chi connectivity index (χ1n) is 5.67. The van der Waals surface area contributed by atoms with Gasteiger partial charge in [0, 0.05) is 37.4 Å². The van der Waals surface area contributed by atoms with Crippen LogP contribution in [0, 0.1) is 17.0 Å². The first-order valence-corrected chi connectivity index (χ1v) is 5.67. The molecule has 6 heteroatoms. The van der Waals surface area contributed by atoms with Crippen LogP contribution in [0.3, 0.4) is 0 Å². The van der Waals surface area contributed by atoms with Crippen molar-refractivity contribution < 1.29 is 4.92 Å². The first kappa shape index (κ1) is 11.8. The molecule has 1 aliphatic heterocycles. The van der Waals surface area contributed by atoms with E-state index in [2.05, 4.69) is 22.1 Å². The zero-order chi connectivity index (χ0) is 12.4. The Morgan fingerprint density at radius 1 is 1.65 bits per heavy atom. The van der Waals surface area contributed by atoms with Gasteiger partial charge in [-0.15, -0.1) is 0 Å². The second-order valence-electron chi connectivity index (χ2n) is 4.39. The Labute approximate surface area is 99.8 Å².